The molecule has 3 rings (SSSR count). The van der Waals surface area contributed by atoms with Crippen LogP contribution in [-0.4, -0.2) is 27.7 Å². The summed E-state index contributed by atoms with van der Waals surface area (Å²) in [6.45, 7) is -0.0769. The van der Waals surface area contributed by atoms with Gasteiger partial charge in [-0.05, 0) is 52.9 Å². The lowest BCUT2D eigenvalue weighted by atomic mass is 10.1. The van der Waals surface area contributed by atoms with Crippen molar-refractivity contribution in [2.75, 3.05) is 17.7 Å². The molecule has 0 saturated heterocycles. The van der Waals surface area contributed by atoms with Gasteiger partial charge in [-0.1, -0.05) is 11.8 Å². The lowest BCUT2D eigenvalue weighted by molar-refractivity contribution is 0.322. The van der Waals surface area contributed by atoms with E-state index < -0.39 is 17.5 Å². The third-order valence-electron chi connectivity index (χ3n) is 3.24. The second-order valence-corrected chi connectivity index (χ2v) is 7.27. The topological polar surface area (TPSA) is 71.2 Å². The quantitative estimate of drug-likeness (QED) is 0.387. The maximum atomic E-state index is 14.4. The Morgan fingerprint density at radius 3 is 2.65 bits per heavy atom. The molecule has 2 aromatic carbocycles. The molecule has 0 bridgehead atoms. The zero-order valence-corrected chi connectivity index (χ0v) is 15.9. The minimum atomic E-state index is -1.19. The van der Waals surface area contributed by atoms with Crippen LogP contribution < -0.4 is 5.32 Å². The largest absolute Gasteiger partial charge is 0.411 e. The van der Waals surface area contributed by atoms with E-state index in [1.165, 1.54) is 18.2 Å². The summed E-state index contributed by atoms with van der Waals surface area (Å²) in [4.78, 5) is 0. The van der Waals surface area contributed by atoms with Gasteiger partial charge in [-0.3, -0.25) is 0 Å². The molecule has 0 aliphatic carbocycles. The number of hydrogen-bond donors (Lipinski definition) is 2. The van der Waals surface area contributed by atoms with Gasteiger partial charge in [0.1, 0.15) is 5.82 Å². The Labute approximate surface area is 164 Å². The summed E-state index contributed by atoms with van der Waals surface area (Å²) in [5.41, 5.74) is -0.247. The second kappa shape index (κ2) is 8.27. The molecular weight excluding hydrogens is 482 g/mol. The van der Waals surface area contributed by atoms with Crippen molar-refractivity contribution in [3.63, 3.8) is 0 Å². The van der Waals surface area contributed by atoms with E-state index in [4.69, 9.17) is 9.52 Å². The molecule has 3 aromatic rings. The Morgan fingerprint density at radius 1 is 1.12 bits per heavy atom. The number of nitrogens with one attached hydrogen (secondary N) is 1. The van der Waals surface area contributed by atoms with Gasteiger partial charge in [-0.2, -0.15) is 0 Å². The zero-order chi connectivity index (χ0) is 18.7. The molecule has 26 heavy (non-hydrogen) atoms. The van der Waals surface area contributed by atoms with Gasteiger partial charge in [0.2, 0.25) is 0 Å². The van der Waals surface area contributed by atoms with Gasteiger partial charge in [-0.15, -0.1) is 10.2 Å². The Kier molecular flexibility index (Phi) is 6.04. The number of aliphatic hydroxyl groups excluding tert-OH is 1. The summed E-state index contributed by atoms with van der Waals surface area (Å²) in [7, 11) is 0. The fourth-order valence-electron chi connectivity index (χ4n) is 2.09. The van der Waals surface area contributed by atoms with Crippen LogP contribution in [-0.2, 0) is 0 Å². The molecular formula is C16H11F3IN3O2S. The summed E-state index contributed by atoms with van der Waals surface area (Å²) in [6, 6.07) is 6.49. The molecule has 0 atom stereocenters. The van der Waals surface area contributed by atoms with E-state index in [0.29, 0.717) is 9.32 Å². The van der Waals surface area contributed by atoms with Gasteiger partial charge < -0.3 is 14.8 Å². The smallest absolute Gasteiger partial charge is 0.276 e. The molecule has 0 unspecified atom stereocenters. The molecule has 0 aliphatic heterocycles. The SMILES string of the molecule is OCCSc1nnc(-c2ccc(F)c(F)c2Nc2ccc(I)cc2F)o1. The third-order valence-corrected chi connectivity index (χ3v) is 4.71. The normalized spacial score (nSPS) is 11.0. The number of hydrogen-bond acceptors (Lipinski definition) is 6. The van der Waals surface area contributed by atoms with Crippen molar-refractivity contribution in [3.05, 3.63) is 51.4 Å². The van der Waals surface area contributed by atoms with Crippen molar-refractivity contribution in [1.29, 1.82) is 0 Å². The summed E-state index contributed by atoms with van der Waals surface area (Å²) >= 11 is 3.06. The molecule has 0 fully saturated rings. The summed E-state index contributed by atoms with van der Waals surface area (Å²) in [5.74, 6) is -2.62. The Balaban J connectivity index is 2.01. The number of aromatic nitrogens is 2. The molecule has 0 saturated carbocycles. The van der Waals surface area contributed by atoms with Crippen LogP contribution in [0, 0.1) is 21.0 Å². The highest BCUT2D eigenvalue weighted by atomic mass is 127. The lowest BCUT2D eigenvalue weighted by Crippen LogP contribution is -2.01. The first kappa shape index (κ1) is 19.0. The van der Waals surface area contributed by atoms with E-state index >= 15 is 0 Å². The minimum absolute atomic E-state index is 0.0226. The second-order valence-electron chi connectivity index (χ2n) is 4.98. The van der Waals surface area contributed by atoms with Crippen molar-refractivity contribution < 1.29 is 22.7 Å². The van der Waals surface area contributed by atoms with Gasteiger partial charge in [0.15, 0.2) is 11.6 Å². The predicted molar refractivity (Wildman–Crippen MR) is 99.9 cm³/mol. The summed E-state index contributed by atoms with van der Waals surface area (Å²) in [5, 5.41) is 19.1. The fraction of sp³-hybridized carbons (Fsp3) is 0.125. The number of halogens is 4. The number of thioether (sulfide) groups is 1. The molecule has 0 aliphatic rings. The highest BCUT2D eigenvalue weighted by molar-refractivity contribution is 14.1. The minimum Gasteiger partial charge on any atom is -0.411 e. The van der Waals surface area contributed by atoms with Crippen LogP contribution in [0.3, 0.4) is 0 Å². The Bertz CT molecular complexity index is 939. The molecule has 1 heterocycles. The van der Waals surface area contributed by atoms with Crippen molar-refractivity contribution in [1.82, 2.24) is 10.2 Å². The Hall–Kier alpha value is -1.79. The molecule has 1 aromatic heterocycles. The van der Waals surface area contributed by atoms with Crippen LogP contribution in [0.25, 0.3) is 11.5 Å². The summed E-state index contributed by atoms with van der Waals surface area (Å²) < 4.78 is 48.2. The molecule has 0 spiro atoms. The number of nitrogens with zero attached hydrogens (tertiary/aromatic N) is 2. The zero-order valence-electron chi connectivity index (χ0n) is 13.0. The van der Waals surface area contributed by atoms with Gasteiger partial charge in [0, 0.05) is 9.32 Å². The summed E-state index contributed by atoms with van der Waals surface area (Å²) in [6.07, 6.45) is 0. The van der Waals surface area contributed by atoms with Crippen LogP contribution in [0.15, 0.2) is 40.0 Å². The van der Waals surface area contributed by atoms with Gasteiger partial charge in [0.25, 0.3) is 11.1 Å². The first-order valence-electron chi connectivity index (χ1n) is 7.27. The van der Waals surface area contributed by atoms with E-state index in [1.54, 1.807) is 6.07 Å². The maximum absolute atomic E-state index is 14.4. The van der Waals surface area contributed by atoms with Crippen molar-refractivity contribution in [3.8, 4) is 11.5 Å². The number of benzene rings is 2. The molecule has 0 radical (unpaired) electrons. The van der Waals surface area contributed by atoms with E-state index in [9.17, 15) is 13.2 Å². The first-order valence-corrected chi connectivity index (χ1v) is 9.33. The van der Waals surface area contributed by atoms with E-state index in [1.807, 2.05) is 22.6 Å². The maximum Gasteiger partial charge on any atom is 0.276 e. The molecule has 136 valence electrons. The van der Waals surface area contributed by atoms with Crippen LogP contribution in [0.5, 0.6) is 0 Å². The van der Waals surface area contributed by atoms with E-state index in [2.05, 4.69) is 15.5 Å². The van der Waals surface area contributed by atoms with Gasteiger partial charge in [-0.25, -0.2) is 13.2 Å². The molecule has 5 nitrogen and oxygen atoms in total. The molecule has 0 amide bonds. The fourth-order valence-corrected chi connectivity index (χ4v) is 3.04. The van der Waals surface area contributed by atoms with E-state index in [-0.39, 0.29) is 34.7 Å². The standard InChI is InChI=1S/C16H11F3IN3O2S/c17-10-3-2-9(15-22-23-16(25-15)26-6-5-24)14(13(10)19)21-12-4-1-8(20)7-11(12)18/h1-4,7,21,24H,5-6H2. The van der Waals surface area contributed by atoms with Crippen LogP contribution in [0.1, 0.15) is 0 Å². The van der Waals surface area contributed by atoms with Crippen LogP contribution in [0.2, 0.25) is 0 Å². The first-order chi connectivity index (χ1) is 12.5. The Morgan fingerprint density at radius 2 is 1.92 bits per heavy atom. The van der Waals surface area contributed by atoms with Crippen molar-refractivity contribution >= 4 is 45.7 Å². The van der Waals surface area contributed by atoms with Gasteiger partial charge in [0.05, 0.1) is 23.5 Å². The average molecular weight is 493 g/mol. The molecule has 2 N–H and O–H groups in total. The third kappa shape index (κ3) is 4.13. The monoisotopic (exact) mass is 493 g/mol. The highest BCUT2D eigenvalue weighted by Gasteiger charge is 2.20. The average Bonchev–Trinajstić information content (AvgIpc) is 3.08. The molecule has 10 heteroatoms. The van der Waals surface area contributed by atoms with Crippen LogP contribution in [0.4, 0.5) is 24.5 Å². The van der Waals surface area contributed by atoms with Gasteiger partial charge >= 0.3 is 0 Å². The van der Waals surface area contributed by atoms with Crippen molar-refractivity contribution in [2.24, 2.45) is 0 Å². The number of rotatable bonds is 6. The number of anilines is 2. The lowest BCUT2D eigenvalue weighted by Gasteiger charge is -2.12. The van der Waals surface area contributed by atoms with Crippen LogP contribution >= 0.6 is 34.4 Å². The number of aliphatic hydroxyl groups is 1. The van der Waals surface area contributed by atoms with E-state index in [0.717, 1.165) is 17.8 Å². The van der Waals surface area contributed by atoms with Crippen molar-refractivity contribution in [2.45, 2.75) is 5.22 Å². The predicted octanol–water partition coefficient (Wildman–Crippen LogP) is 4.59. The highest BCUT2D eigenvalue weighted by Crippen LogP contribution is 2.35.